The molecule has 0 bridgehead atoms. The van der Waals surface area contributed by atoms with E-state index in [0.717, 1.165) is 11.8 Å². The molecule has 0 spiro atoms. The first-order valence-corrected chi connectivity index (χ1v) is 4.05. The summed E-state index contributed by atoms with van der Waals surface area (Å²) in [7, 11) is 0. The quantitative estimate of drug-likeness (QED) is 0.564. The third kappa shape index (κ3) is 1.68. The van der Waals surface area contributed by atoms with Crippen LogP contribution in [-0.2, 0) is 0 Å². The van der Waals surface area contributed by atoms with E-state index in [1.807, 2.05) is 0 Å². The zero-order valence-corrected chi connectivity index (χ0v) is 6.48. The summed E-state index contributed by atoms with van der Waals surface area (Å²) in [5.41, 5.74) is 0. The molecule has 1 N–H and O–H groups in total. The monoisotopic (exact) mass is 127 g/mol. The van der Waals surface area contributed by atoms with E-state index in [1.54, 1.807) is 0 Å². The van der Waals surface area contributed by atoms with Gasteiger partial charge in [0, 0.05) is 0 Å². The maximum atomic E-state index is 3.40. The highest BCUT2D eigenvalue weighted by Gasteiger charge is 2.18. The van der Waals surface area contributed by atoms with Crippen LogP contribution in [0.5, 0.6) is 0 Å². The molecule has 0 saturated carbocycles. The zero-order valence-electron chi connectivity index (χ0n) is 6.48. The van der Waals surface area contributed by atoms with Gasteiger partial charge < -0.3 is 5.32 Å². The Morgan fingerprint density at radius 3 is 2.78 bits per heavy atom. The van der Waals surface area contributed by atoms with E-state index < -0.39 is 0 Å². The first kappa shape index (κ1) is 7.07. The molecule has 1 nitrogen and oxygen atoms in total. The second-order valence-corrected chi connectivity index (χ2v) is 3.14. The lowest BCUT2D eigenvalue weighted by atomic mass is 9.86. The topological polar surface area (TPSA) is 12.0 Å². The fraction of sp³-hybridized carbons (Fsp3) is 1.00. The van der Waals surface area contributed by atoms with Crippen LogP contribution in [0.25, 0.3) is 0 Å². The zero-order chi connectivity index (χ0) is 6.69. The normalized spacial score (nSPS) is 36.7. The molecule has 0 aromatic carbocycles. The standard InChI is InChI=1S/C8H17N/c1-3-8-4-5-9-6-7(8)2/h7-9H,3-6H2,1-2H3/t7-,8-/m1/s1. The second kappa shape index (κ2) is 3.21. The molecule has 0 amide bonds. The van der Waals surface area contributed by atoms with Crippen molar-refractivity contribution in [1.82, 2.24) is 5.32 Å². The lowest BCUT2D eigenvalue weighted by Crippen LogP contribution is -2.34. The van der Waals surface area contributed by atoms with Crippen LogP contribution in [-0.4, -0.2) is 13.1 Å². The Hall–Kier alpha value is -0.0400. The van der Waals surface area contributed by atoms with Gasteiger partial charge >= 0.3 is 0 Å². The Morgan fingerprint density at radius 2 is 2.33 bits per heavy atom. The average Bonchev–Trinajstić information content (AvgIpc) is 1.89. The molecule has 0 unspecified atom stereocenters. The molecule has 1 aliphatic rings. The van der Waals surface area contributed by atoms with Gasteiger partial charge in [-0.2, -0.15) is 0 Å². The van der Waals surface area contributed by atoms with E-state index in [1.165, 1.54) is 25.9 Å². The molecule has 0 radical (unpaired) electrons. The summed E-state index contributed by atoms with van der Waals surface area (Å²) in [6, 6.07) is 0. The molecule has 1 rings (SSSR count). The van der Waals surface area contributed by atoms with Crippen LogP contribution in [0.15, 0.2) is 0 Å². The molecule has 1 fully saturated rings. The SMILES string of the molecule is CC[C@@H]1CCNC[C@H]1C. The predicted octanol–water partition coefficient (Wildman–Crippen LogP) is 1.64. The van der Waals surface area contributed by atoms with E-state index in [4.69, 9.17) is 0 Å². The number of hydrogen-bond donors (Lipinski definition) is 1. The Balaban J connectivity index is 2.30. The molecule has 9 heavy (non-hydrogen) atoms. The van der Waals surface area contributed by atoms with Crippen molar-refractivity contribution in [2.45, 2.75) is 26.7 Å². The molecule has 1 saturated heterocycles. The van der Waals surface area contributed by atoms with E-state index in [0.29, 0.717) is 0 Å². The number of nitrogens with one attached hydrogen (secondary N) is 1. The second-order valence-electron chi connectivity index (χ2n) is 3.14. The Labute approximate surface area is 57.8 Å². The fourth-order valence-corrected chi connectivity index (χ4v) is 1.67. The first-order valence-electron chi connectivity index (χ1n) is 4.05. The van der Waals surface area contributed by atoms with Gasteiger partial charge in [0.1, 0.15) is 0 Å². The highest BCUT2D eigenvalue weighted by molar-refractivity contribution is 4.73. The van der Waals surface area contributed by atoms with Crippen molar-refractivity contribution in [3.05, 3.63) is 0 Å². The minimum Gasteiger partial charge on any atom is -0.316 e. The van der Waals surface area contributed by atoms with Gasteiger partial charge in [0.2, 0.25) is 0 Å². The smallest absolute Gasteiger partial charge is 0.00205 e. The van der Waals surface area contributed by atoms with Crippen LogP contribution in [0.3, 0.4) is 0 Å². The van der Waals surface area contributed by atoms with Crippen molar-refractivity contribution in [2.24, 2.45) is 11.8 Å². The fourth-order valence-electron chi connectivity index (χ4n) is 1.67. The van der Waals surface area contributed by atoms with Crippen LogP contribution in [0.1, 0.15) is 26.7 Å². The molecule has 2 atom stereocenters. The van der Waals surface area contributed by atoms with Crippen molar-refractivity contribution >= 4 is 0 Å². The first-order chi connectivity index (χ1) is 4.34. The van der Waals surface area contributed by atoms with E-state index in [9.17, 15) is 0 Å². The minimum absolute atomic E-state index is 0.906. The maximum absolute atomic E-state index is 3.40. The number of piperidine rings is 1. The van der Waals surface area contributed by atoms with Crippen molar-refractivity contribution in [2.75, 3.05) is 13.1 Å². The lowest BCUT2D eigenvalue weighted by molar-refractivity contribution is 0.266. The van der Waals surface area contributed by atoms with Gasteiger partial charge in [0.05, 0.1) is 0 Å². The molecule has 1 heteroatoms. The van der Waals surface area contributed by atoms with Crippen molar-refractivity contribution in [3.8, 4) is 0 Å². The third-order valence-electron chi connectivity index (χ3n) is 2.49. The van der Waals surface area contributed by atoms with Crippen LogP contribution < -0.4 is 5.32 Å². The van der Waals surface area contributed by atoms with Crippen molar-refractivity contribution in [1.29, 1.82) is 0 Å². The Bertz CT molecular complexity index is 80.6. The highest BCUT2D eigenvalue weighted by atomic mass is 14.9. The van der Waals surface area contributed by atoms with Crippen LogP contribution >= 0.6 is 0 Å². The molecular weight excluding hydrogens is 110 g/mol. The summed E-state index contributed by atoms with van der Waals surface area (Å²) in [6.45, 7) is 7.12. The van der Waals surface area contributed by atoms with Gasteiger partial charge in [0.15, 0.2) is 0 Å². The van der Waals surface area contributed by atoms with E-state index in [-0.39, 0.29) is 0 Å². The van der Waals surface area contributed by atoms with Crippen LogP contribution in [0.4, 0.5) is 0 Å². The lowest BCUT2D eigenvalue weighted by Gasteiger charge is -2.28. The minimum atomic E-state index is 0.906. The molecule has 0 aromatic heterocycles. The molecule has 0 aliphatic carbocycles. The van der Waals surface area contributed by atoms with Gasteiger partial charge in [0.25, 0.3) is 0 Å². The number of rotatable bonds is 1. The van der Waals surface area contributed by atoms with Crippen molar-refractivity contribution in [3.63, 3.8) is 0 Å². The Morgan fingerprint density at radius 1 is 1.56 bits per heavy atom. The number of hydrogen-bond acceptors (Lipinski definition) is 1. The summed E-state index contributed by atoms with van der Waals surface area (Å²) in [5.74, 6) is 1.90. The summed E-state index contributed by atoms with van der Waals surface area (Å²) in [5, 5.41) is 3.40. The molecule has 1 aliphatic heterocycles. The van der Waals surface area contributed by atoms with Gasteiger partial charge in [-0.15, -0.1) is 0 Å². The molecule has 1 heterocycles. The molecule has 0 aromatic rings. The van der Waals surface area contributed by atoms with Crippen molar-refractivity contribution < 1.29 is 0 Å². The maximum Gasteiger partial charge on any atom is -0.00205 e. The van der Waals surface area contributed by atoms with E-state index >= 15 is 0 Å². The van der Waals surface area contributed by atoms with Gasteiger partial charge in [-0.1, -0.05) is 20.3 Å². The summed E-state index contributed by atoms with van der Waals surface area (Å²) in [4.78, 5) is 0. The largest absolute Gasteiger partial charge is 0.316 e. The van der Waals surface area contributed by atoms with Gasteiger partial charge in [-0.25, -0.2) is 0 Å². The highest BCUT2D eigenvalue weighted by Crippen LogP contribution is 2.20. The Kier molecular flexibility index (Phi) is 2.52. The summed E-state index contributed by atoms with van der Waals surface area (Å²) in [6.07, 6.45) is 2.75. The summed E-state index contributed by atoms with van der Waals surface area (Å²) >= 11 is 0. The van der Waals surface area contributed by atoms with Crippen LogP contribution in [0, 0.1) is 11.8 Å². The molecule has 54 valence electrons. The third-order valence-corrected chi connectivity index (χ3v) is 2.49. The van der Waals surface area contributed by atoms with Gasteiger partial charge in [-0.3, -0.25) is 0 Å². The average molecular weight is 127 g/mol. The molecular formula is C8H17N. The predicted molar refractivity (Wildman–Crippen MR) is 40.4 cm³/mol. The van der Waals surface area contributed by atoms with Crippen LogP contribution in [0.2, 0.25) is 0 Å². The summed E-state index contributed by atoms with van der Waals surface area (Å²) < 4.78 is 0. The van der Waals surface area contributed by atoms with Gasteiger partial charge in [-0.05, 0) is 31.3 Å². The van der Waals surface area contributed by atoms with E-state index in [2.05, 4.69) is 19.2 Å².